The summed E-state index contributed by atoms with van der Waals surface area (Å²) < 4.78 is 7.65. The molecule has 2 heterocycles. The minimum Gasteiger partial charge on any atom is -0.494 e. The number of likely N-dealkylation sites (N-methyl/N-ethyl adjacent to an activating group) is 1. The van der Waals surface area contributed by atoms with Gasteiger partial charge in [0.2, 0.25) is 5.91 Å². The smallest absolute Gasteiger partial charge is 0.227 e. The number of carbonyl (C=O) groups excluding carboxylic acids is 1. The monoisotopic (exact) mass is 422 g/mol. The Balaban J connectivity index is 2.13. The van der Waals surface area contributed by atoms with Crippen molar-refractivity contribution >= 4 is 11.6 Å². The Labute approximate surface area is 185 Å². The molecule has 0 saturated heterocycles. The summed E-state index contributed by atoms with van der Waals surface area (Å²) in [6.45, 7) is 12.4. The van der Waals surface area contributed by atoms with Crippen molar-refractivity contribution in [3.63, 3.8) is 0 Å². The number of hydrogen-bond acceptors (Lipinski definition) is 4. The Hall–Kier alpha value is -2.89. The maximum Gasteiger partial charge on any atom is 0.227 e. The second-order valence-corrected chi connectivity index (χ2v) is 7.62. The van der Waals surface area contributed by atoms with Crippen LogP contribution in [0.2, 0.25) is 0 Å². The number of aromatic nitrogens is 3. The van der Waals surface area contributed by atoms with Gasteiger partial charge in [-0.25, -0.2) is 9.50 Å². The van der Waals surface area contributed by atoms with Gasteiger partial charge in [-0.15, -0.1) is 0 Å². The number of nitrogens with zero attached hydrogens (tertiary/aromatic N) is 4. The summed E-state index contributed by atoms with van der Waals surface area (Å²) >= 11 is 0. The highest BCUT2D eigenvalue weighted by atomic mass is 16.5. The molecule has 6 heteroatoms. The van der Waals surface area contributed by atoms with E-state index in [4.69, 9.17) is 14.8 Å². The SMILES string of the molecule is CCCOc1ccc(-c2nn3c(CC)cc(CC)nc3c2CC(=O)N(CC)CC)cc1. The number of hydrogen-bond donors (Lipinski definition) is 0. The lowest BCUT2D eigenvalue weighted by molar-refractivity contribution is -0.130. The molecule has 0 saturated carbocycles. The lowest BCUT2D eigenvalue weighted by atomic mass is 10.0. The first-order valence-electron chi connectivity index (χ1n) is 11.5. The molecule has 0 atom stereocenters. The van der Waals surface area contributed by atoms with Crippen LogP contribution >= 0.6 is 0 Å². The van der Waals surface area contributed by atoms with Crippen LogP contribution in [0.4, 0.5) is 0 Å². The van der Waals surface area contributed by atoms with Crippen LogP contribution in [0.5, 0.6) is 5.75 Å². The molecule has 0 fully saturated rings. The summed E-state index contributed by atoms with van der Waals surface area (Å²) in [4.78, 5) is 19.8. The molecule has 3 rings (SSSR count). The molecule has 0 aliphatic rings. The van der Waals surface area contributed by atoms with Gasteiger partial charge in [0.25, 0.3) is 0 Å². The van der Waals surface area contributed by atoms with Crippen molar-refractivity contribution in [2.75, 3.05) is 19.7 Å². The minimum absolute atomic E-state index is 0.103. The van der Waals surface area contributed by atoms with Gasteiger partial charge in [0, 0.05) is 35.6 Å². The fraction of sp³-hybridized carbons (Fsp3) is 0.480. The van der Waals surface area contributed by atoms with Gasteiger partial charge < -0.3 is 9.64 Å². The summed E-state index contributed by atoms with van der Waals surface area (Å²) in [6, 6.07) is 10.1. The average molecular weight is 423 g/mol. The molecule has 1 aromatic carbocycles. The zero-order chi connectivity index (χ0) is 22.4. The summed E-state index contributed by atoms with van der Waals surface area (Å²) in [6.07, 6.45) is 2.95. The molecule has 0 bridgehead atoms. The van der Waals surface area contributed by atoms with Crippen LogP contribution in [0.1, 0.15) is 58.0 Å². The Bertz CT molecular complexity index is 1020. The van der Waals surface area contributed by atoms with Crippen molar-refractivity contribution in [2.45, 2.75) is 60.3 Å². The molecule has 0 unspecified atom stereocenters. The van der Waals surface area contributed by atoms with Gasteiger partial charge in [-0.05, 0) is 63.4 Å². The minimum atomic E-state index is 0.103. The highest BCUT2D eigenvalue weighted by Crippen LogP contribution is 2.29. The topological polar surface area (TPSA) is 59.7 Å². The van der Waals surface area contributed by atoms with Gasteiger partial charge in [0.05, 0.1) is 18.7 Å². The number of fused-ring (bicyclic) bond motifs is 1. The van der Waals surface area contributed by atoms with Gasteiger partial charge in [-0.3, -0.25) is 4.79 Å². The molecule has 0 aliphatic heterocycles. The standard InChI is InChI=1S/C25H34N4O2/c1-6-15-31-21-13-11-18(12-14-21)24-22(17-23(30)28(9-4)10-5)25-26-19(7-2)16-20(8-3)29(25)27-24/h11-14,16H,6-10,15,17H2,1-5H3. The van der Waals surface area contributed by atoms with E-state index in [2.05, 4.69) is 26.8 Å². The van der Waals surface area contributed by atoms with Crippen molar-refractivity contribution in [2.24, 2.45) is 0 Å². The van der Waals surface area contributed by atoms with Crippen molar-refractivity contribution in [3.05, 3.63) is 47.3 Å². The first kappa shape index (κ1) is 22.8. The van der Waals surface area contributed by atoms with Crippen molar-refractivity contribution in [3.8, 4) is 17.0 Å². The number of ether oxygens (including phenoxy) is 1. The van der Waals surface area contributed by atoms with Crippen LogP contribution in [-0.4, -0.2) is 45.1 Å². The normalized spacial score (nSPS) is 11.1. The fourth-order valence-electron chi connectivity index (χ4n) is 3.77. The number of amides is 1. The summed E-state index contributed by atoms with van der Waals surface area (Å²) in [5, 5.41) is 4.93. The van der Waals surface area contributed by atoms with Gasteiger partial charge in [0.1, 0.15) is 5.75 Å². The quantitative estimate of drug-likeness (QED) is 0.474. The maximum absolute atomic E-state index is 13.0. The summed E-state index contributed by atoms with van der Waals surface area (Å²) in [5.41, 5.74) is 5.60. The number of aryl methyl sites for hydroxylation is 2. The second-order valence-electron chi connectivity index (χ2n) is 7.62. The molecule has 0 radical (unpaired) electrons. The van der Waals surface area contributed by atoms with Gasteiger partial charge >= 0.3 is 0 Å². The Morgan fingerprint density at radius 1 is 1.03 bits per heavy atom. The largest absolute Gasteiger partial charge is 0.494 e. The number of benzene rings is 1. The first-order valence-corrected chi connectivity index (χ1v) is 11.5. The van der Waals surface area contributed by atoms with Crippen LogP contribution in [-0.2, 0) is 24.1 Å². The van der Waals surface area contributed by atoms with E-state index in [0.29, 0.717) is 19.7 Å². The van der Waals surface area contributed by atoms with E-state index in [1.807, 2.05) is 47.5 Å². The lowest BCUT2D eigenvalue weighted by Gasteiger charge is -2.18. The van der Waals surface area contributed by atoms with Crippen molar-refractivity contribution in [1.29, 1.82) is 0 Å². The molecule has 0 spiro atoms. The molecule has 0 aliphatic carbocycles. The van der Waals surface area contributed by atoms with Gasteiger partial charge in [-0.2, -0.15) is 5.10 Å². The van der Waals surface area contributed by atoms with E-state index in [1.54, 1.807) is 0 Å². The van der Waals surface area contributed by atoms with E-state index in [-0.39, 0.29) is 12.3 Å². The predicted octanol–water partition coefficient (Wildman–Crippen LogP) is 4.72. The first-order chi connectivity index (χ1) is 15.1. The second kappa shape index (κ2) is 10.4. The summed E-state index contributed by atoms with van der Waals surface area (Å²) in [5.74, 6) is 0.946. The average Bonchev–Trinajstić information content (AvgIpc) is 3.16. The predicted molar refractivity (Wildman–Crippen MR) is 125 cm³/mol. The van der Waals surface area contributed by atoms with Gasteiger partial charge in [-0.1, -0.05) is 20.8 Å². The molecule has 1 amide bonds. The third-order valence-corrected chi connectivity index (χ3v) is 5.58. The highest BCUT2D eigenvalue weighted by molar-refractivity contribution is 5.84. The van der Waals surface area contributed by atoms with E-state index < -0.39 is 0 Å². The molecule has 2 aromatic heterocycles. The highest BCUT2D eigenvalue weighted by Gasteiger charge is 2.22. The molecular weight excluding hydrogens is 388 g/mol. The third kappa shape index (κ3) is 4.89. The van der Waals surface area contributed by atoms with E-state index in [0.717, 1.165) is 58.9 Å². The summed E-state index contributed by atoms with van der Waals surface area (Å²) in [7, 11) is 0. The molecule has 3 aromatic rings. The zero-order valence-corrected chi connectivity index (χ0v) is 19.4. The van der Waals surface area contributed by atoms with E-state index in [9.17, 15) is 4.79 Å². The third-order valence-electron chi connectivity index (χ3n) is 5.58. The van der Waals surface area contributed by atoms with Crippen molar-refractivity contribution < 1.29 is 9.53 Å². The Morgan fingerprint density at radius 3 is 2.32 bits per heavy atom. The van der Waals surface area contributed by atoms with Crippen LogP contribution in [0.15, 0.2) is 30.3 Å². The van der Waals surface area contributed by atoms with E-state index >= 15 is 0 Å². The molecule has 31 heavy (non-hydrogen) atoms. The lowest BCUT2D eigenvalue weighted by Crippen LogP contribution is -2.31. The van der Waals surface area contributed by atoms with Crippen LogP contribution in [0, 0.1) is 0 Å². The molecule has 0 N–H and O–H groups in total. The van der Waals surface area contributed by atoms with Crippen LogP contribution in [0.3, 0.4) is 0 Å². The van der Waals surface area contributed by atoms with E-state index in [1.165, 1.54) is 0 Å². The maximum atomic E-state index is 13.0. The van der Waals surface area contributed by atoms with Crippen LogP contribution < -0.4 is 4.74 Å². The molecule has 6 nitrogen and oxygen atoms in total. The molecular formula is C25H34N4O2. The van der Waals surface area contributed by atoms with Crippen molar-refractivity contribution in [1.82, 2.24) is 19.5 Å². The van der Waals surface area contributed by atoms with Gasteiger partial charge in [0.15, 0.2) is 5.65 Å². The van der Waals surface area contributed by atoms with Crippen LogP contribution in [0.25, 0.3) is 16.9 Å². The number of rotatable bonds is 10. The zero-order valence-electron chi connectivity index (χ0n) is 19.4. The Kier molecular flexibility index (Phi) is 7.66. The Morgan fingerprint density at radius 2 is 1.74 bits per heavy atom. The molecule has 166 valence electrons. The number of carbonyl (C=O) groups is 1. The fourth-order valence-corrected chi connectivity index (χ4v) is 3.77.